The van der Waals surface area contributed by atoms with E-state index < -0.39 is 32.5 Å². The molecule has 32 heavy (non-hydrogen) atoms. The molecule has 2 aromatic carbocycles. The molecule has 0 aliphatic carbocycles. The number of ether oxygens (including phenoxy) is 2. The Balaban J connectivity index is 1.63. The van der Waals surface area contributed by atoms with Gasteiger partial charge in [0, 0.05) is 23.7 Å². The second-order valence-corrected chi connectivity index (χ2v) is 10.5. The van der Waals surface area contributed by atoms with Crippen LogP contribution in [0, 0.1) is 11.6 Å². The van der Waals surface area contributed by atoms with Crippen molar-refractivity contribution in [2.45, 2.75) is 43.2 Å². The highest BCUT2D eigenvalue weighted by Crippen LogP contribution is 2.40. The van der Waals surface area contributed by atoms with Crippen LogP contribution >= 0.6 is 0 Å². The molecule has 5 nitrogen and oxygen atoms in total. The van der Waals surface area contributed by atoms with Gasteiger partial charge in [-0.25, -0.2) is 17.2 Å². The summed E-state index contributed by atoms with van der Waals surface area (Å²) < 4.78 is 69.1. The summed E-state index contributed by atoms with van der Waals surface area (Å²) in [4.78, 5) is 0. The van der Waals surface area contributed by atoms with Crippen molar-refractivity contribution in [3.63, 3.8) is 0 Å². The lowest BCUT2D eigenvalue weighted by molar-refractivity contribution is -0.212. The third-order valence-corrected chi connectivity index (χ3v) is 8.67. The van der Waals surface area contributed by atoms with Crippen LogP contribution in [0.1, 0.15) is 41.7 Å². The predicted octanol–water partition coefficient (Wildman–Crippen LogP) is 4.45. The van der Waals surface area contributed by atoms with Crippen molar-refractivity contribution >= 4 is 10.0 Å². The maximum absolute atomic E-state index is 15.1. The smallest absolute Gasteiger partial charge is 0.221 e. The van der Waals surface area contributed by atoms with Crippen molar-refractivity contribution in [1.82, 2.24) is 4.31 Å². The summed E-state index contributed by atoms with van der Waals surface area (Å²) in [6, 6.07) is 10.9. The molecule has 8 heteroatoms. The molecule has 0 radical (unpaired) electrons. The molecule has 0 bridgehead atoms. The molecule has 2 aliphatic heterocycles. The van der Waals surface area contributed by atoms with Gasteiger partial charge in [-0.15, -0.1) is 6.58 Å². The molecule has 0 spiro atoms. The molecule has 2 heterocycles. The highest BCUT2D eigenvalue weighted by Gasteiger charge is 2.45. The minimum atomic E-state index is -3.75. The minimum absolute atomic E-state index is 0.00509. The van der Waals surface area contributed by atoms with Gasteiger partial charge in [-0.1, -0.05) is 36.4 Å². The van der Waals surface area contributed by atoms with E-state index in [4.69, 9.17) is 9.47 Å². The van der Waals surface area contributed by atoms with E-state index in [1.54, 1.807) is 31.2 Å². The summed E-state index contributed by atoms with van der Waals surface area (Å²) in [6.07, 6.45) is 2.66. The normalized spacial score (nSPS) is 24.6. The van der Waals surface area contributed by atoms with E-state index >= 15 is 8.78 Å². The SMILES string of the molecule is C=CCOC1(c2cc(F)c(CN3[C@@H](C)CC[C@H](c4ccccc4)S3(=O)=O)cc2F)COC1. The Morgan fingerprint density at radius 3 is 2.53 bits per heavy atom. The van der Waals surface area contributed by atoms with Gasteiger partial charge >= 0.3 is 0 Å². The molecule has 4 rings (SSSR count). The third-order valence-electron chi connectivity index (χ3n) is 6.30. The van der Waals surface area contributed by atoms with E-state index in [-0.39, 0.29) is 43.5 Å². The summed E-state index contributed by atoms with van der Waals surface area (Å²) in [5.74, 6) is -1.31. The van der Waals surface area contributed by atoms with Crippen molar-refractivity contribution in [1.29, 1.82) is 0 Å². The Labute approximate surface area is 187 Å². The van der Waals surface area contributed by atoms with Gasteiger partial charge in [-0.2, -0.15) is 4.31 Å². The number of benzene rings is 2. The van der Waals surface area contributed by atoms with Gasteiger partial charge < -0.3 is 9.47 Å². The Morgan fingerprint density at radius 1 is 1.19 bits per heavy atom. The van der Waals surface area contributed by atoms with E-state index in [2.05, 4.69) is 6.58 Å². The Kier molecular flexibility index (Phi) is 6.49. The molecule has 172 valence electrons. The first-order valence-corrected chi connectivity index (χ1v) is 12.2. The van der Waals surface area contributed by atoms with Gasteiger partial charge in [0.25, 0.3) is 0 Å². The summed E-state index contributed by atoms with van der Waals surface area (Å²) in [5.41, 5.74) is -0.281. The fraction of sp³-hybridized carbons (Fsp3) is 0.417. The molecule has 2 aromatic rings. The fourth-order valence-electron chi connectivity index (χ4n) is 4.40. The third kappa shape index (κ3) is 4.12. The van der Waals surface area contributed by atoms with Crippen LogP contribution in [-0.4, -0.2) is 38.6 Å². The summed E-state index contributed by atoms with van der Waals surface area (Å²) in [7, 11) is -3.75. The second-order valence-electron chi connectivity index (χ2n) is 8.43. The molecule has 0 amide bonds. The van der Waals surface area contributed by atoms with Crippen molar-refractivity contribution in [2.75, 3.05) is 19.8 Å². The average molecular weight is 464 g/mol. The largest absolute Gasteiger partial charge is 0.375 e. The van der Waals surface area contributed by atoms with Crippen LogP contribution in [0.4, 0.5) is 8.78 Å². The highest BCUT2D eigenvalue weighted by atomic mass is 32.2. The van der Waals surface area contributed by atoms with Gasteiger partial charge in [0.1, 0.15) is 22.5 Å². The molecule has 2 atom stereocenters. The van der Waals surface area contributed by atoms with E-state index in [1.807, 2.05) is 6.07 Å². The van der Waals surface area contributed by atoms with Crippen molar-refractivity contribution in [3.8, 4) is 0 Å². The van der Waals surface area contributed by atoms with E-state index in [9.17, 15) is 8.42 Å². The Morgan fingerprint density at radius 2 is 1.91 bits per heavy atom. The van der Waals surface area contributed by atoms with Gasteiger partial charge in [0.15, 0.2) is 0 Å². The fourth-order valence-corrected chi connectivity index (χ4v) is 6.59. The minimum Gasteiger partial charge on any atom is -0.375 e. The molecule has 2 fully saturated rings. The lowest BCUT2D eigenvalue weighted by atomic mass is 9.90. The quantitative estimate of drug-likeness (QED) is 0.570. The zero-order valence-electron chi connectivity index (χ0n) is 18.0. The number of hydrogen-bond donors (Lipinski definition) is 0. The maximum atomic E-state index is 15.1. The molecule has 0 N–H and O–H groups in total. The molecular formula is C24H27F2NO4S. The van der Waals surface area contributed by atoms with Crippen LogP contribution in [0.2, 0.25) is 0 Å². The van der Waals surface area contributed by atoms with Crippen LogP contribution in [0.5, 0.6) is 0 Å². The molecule has 0 aromatic heterocycles. The van der Waals surface area contributed by atoms with Crippen LogP contribution in [0.15, 0.2) is 55.1 Å². The van der Waals surface area contributed by atoms with E-state index in [1.165, 1.54) is 10.4 Å². The van der Waals surface area contributed by atoms with E-state index in [0.29, 0.717) is 18.4 Å². The number of hydrogen-bond acceptors (Lipinski definition) is 4. The van der Waals surface area contributed by atoms with Crippen molar-refractivity contribution in [3.05, 3.63) is 83.4 Å². The topological polar surface area (TPSA) is 55.8 Å². The van der Waals surface area contributed by atoms with Crippen molar-refractivity contribution in [2.24, 2.45) is 0 Å². The van der Waals surface area contributed by atoms with Gasteiger partial charge in [-0.3, -0.25) is 0 Å². The first kappa shape index (κ1) is 23.0. The van der Waals surface area contributed by atoms with Gasteiger partial charge in [-0.05, 0) is 37.5 Å². The number of sulfonamides is 1. The zero-order valence-corrected chi connectivity index (χ0v) is 18.8. The second kappa shape index (κ2) is 9.02. The molecular weight excluding hydrogens is 436 g/mol. The first-order valence-electron chi connectivity index (χ1n) is 10.6. The lowest BCUT2D eigenvalue weighted by Crippen LogP contribution is -2.50. The van der Waals surface area contributed by atoms with Gasteiger partial charge in [0.2, 0.25) is 10.0 Å². The Hall–Kier alpha value is -2.13. The average Bonchev–Trinajstić information content (AvgIpc) is 2.73. The van der Waals surface area contributed by atoms with Crippen LogP contribution < -0.4 is 0 Å². The maximum Gasteiger partial charge on any atom is 0.221 e. The highest BCUT2D eigenvalue weighted by molar-refractivity contribution is 7.89. The van der Waals surface area contributed by atoms with Crippen LogP contribution in [0.25, 0.3) is 0 Å². The summed E-state index contributed by atoms with van der Waals surface area (Å²) >= 11 is 0. The standard InChI is InChI=1S/C24H27F2NO4S/c1-3-11-31-24(15-30-16-24)20-13-21(25)19(12-22(20)26)14-27-17(2)9-10-23(32(27,28)29)18-7-5-4-6-8-18/h3-8,12-13,17,23H,1,9-11,14-16H2,2H3/t17-,23+/m0/s1. The number of rotatable bonds is 7. The molecule has 2 aliphatic rings. The first-order chi connectivity index (χ1) is 15.3. The van der Waals surface area contributed by atoms with Gasteiger partial charge in [0.05, 0.1) is 19.8 Å². The molecule has 0 unspecified atom stereocenters. The number of halogens is 2. The Bertz CT molecular complexity index is 1090. The number of nitrogens with zero attached hydrogens (tertiary/aromatic N) is 1. The summed E-state index contributed by atoms with van der Waals surface area (Å²) in [5, 5.41) is -0.699. The van der Waals surface area contributed by atoms with Crippen LogP contribution in [-0.2, 0) is 31.6 Å². The van der Waals surface area contributed by atoms with Crippen LogP contribution in [0.3, 0.4) is 0 Å². The lowest BCUT2D eigenvalue weighted by Gasteiger charge is -2.41. The molecule has 2 saturated heterocycles. The van der Waals surface area contributed by atoms with E-state index in [0.717, 1.165) is 12.1 Å². The molecule has 0 saturated carbocycles. The monoisotopic (exact) mass is 463 g/mol. The zero-order chi connectivity index (χ0) is 22.9. The summed E-state index contributed by atoms with van der Waals surface area (Å²) in [6.45, 7) is 5.57. The predicted molar refractivity (Wildman–Crippen MR) is 117 cm³/mol. The van der Waals surface area contributed by atoms with Crippen molar-refractivity contribution < 1.29 is 26.7 Å².